The van der Waals surface area contributed by atoms with Gasteiger partial charge in [0.15, 0.2) is 0 Å². The van der Waals surface area contributed by atoms with E-state index in [9.17, 15) is 0 Å². The van der Waals surface area contributed by atoms with E-state index < -0.39 is 0 Å². The van der Waals surface area contributed by atoms with E-state index in [1.54, 1.807) is 0 Å². The summed E-state index contributed by atoms with van der Waals surface area (Å²) in [6.45, 7) is 1.20. The molecule has 0 bridgehead atoms. The van der Waals surface area contributed by atoms with Crippen LogP contribution in [0.25, 0.3) is 0 Å². The number of hydrogen-bond acceptors (Lipinski definition) is 2. The van der Waals surface area contributed by atoms with Crippen molar-refractivity contribution in [3.05, 3.63) is 22.4 Å². The van der Waals surface area contributed by atoms with Crippen LogP contribution in [0.1, 0.15) is 17.3 Å². The molecule has 1 aliphatic heterocycles. The van der Waals surface area contributed by atoms with E-state index in [1.807, 2.05) is 11.3 Å². The lowest BCUT2D eigenvalue weighted by Gasteiger charge is -2.26. The molecule has 0 unspecified atom stereocenters. The topological polar surface area (TPSA) is 12.0 Å². The molecule has 1 N–H and O–H groups in total. The van der Waals surface area contributed by atoms with Crippen LogP contribution in [0.3, 0.4) is 0 Å². The van der Waals surface area contributed by atoms with Gasteiger partial charge in [0.1, 0.15) is 0 Å². The third-order valence-corrected chi connectivity index (χ3v) is 2.70. The van der Waals surface area contributed by atoms with Crippen molar-refractivity contribution in [1.82, 2.24) is 5.32 Å². The van der Waals surface area contributed by atoms with Gasteiger partial charge in [0.25, 0.3) is 0 Å². The van der Waals surface area contributed by atoms with Crippen LogP contribution in [0, 0.1) is 0 Å². The number of nitrogens with one attached hydrogen (secondary N) is 1. The molecule has 1 fully saturated rings. The van der Waals surface area contributed by atoms with Crippen molar-refractivity contribution in [3.8, 4) is 0 Å². The van der Waals surface area contributed by atoms with Crippen molar-refractivity contribution >= 4 is 11.3 Å². The van der Waals surface area contributed by atoms with E-state index in [0.29, 0.717) is 6.04 Å². The van der Waals surface area contributed by atoms with Gasteiger partial charge in [-0.05, 0) is 24.4 Å². The Morgan fingerprint density at radius 1 is 1.67 bits per heavy atom. The zero-order valence-electron chi connectivity index (χ0n) is 5.13. The molecule has 0 radical (unpaired) electrons. The first-order chi connectivity index (χ1) is 4.47. The minimum atomic E-state index is 0.685. The molecule has 0 aliphatic carbocycles. The van der Waals surface area contributed by atoms with Crippen molar-refractivity contribution in [3.63, 3.8) is 0 Å². The summed E-state index contributed by atoms with van der Waals surface area (Å²) in [6, 6.07) is 4.99. The standard InChI is InChI=1S/C7H9NS/c1-2-7(9-5-1)6-3-4-8-6/h1-2,5-6,8H,3-4H2/t6-/m0/s1. The minimum absolute atomic E-state index is 0.685. The summed E-state index contributed by atoms with van der Waals surface area (Å²) in [4.78, 5) is 1.49. The van der Waals surface area contributed by atoms with Gasteiger partial charge in [0.05, 0.1) is 0 Å². The molecule has 0 saturated carbocycles. The second-order valence-electron chi connectivity index (χ2n) is 2.31. The summed E-state index contributed by atoms with van der Waals surface area (Å²) in [5.41, 5.74) is 0. The largest absolute Gasteiger partial charge is 0.309 e. The van der Waals surface area contributed by atoms with Crippen LogP contribution >= 0.6 is 11.3 Å². The number of thiophene rings is 1. The van der Waals surface area contributed by atoms with Gasteiger partial charge < -0.3 is 5.32 Å². The van der Waals surface area contributed by atoms with E-state index in [2.05, 4.69) is 22.8 Å². The van der Waals surface area contributed by atoms with Gasteiger partial charge in [0.2, 0.25) is 0 Å². The highest BCUT2D eigenvalue weighted by atomic mass is 32.1. The van der Waals surface area contributed by atoms with Crippen LogP contribution in [0.5, 0.6) is 0 Å². The third kappa shape index (κ3) is 0.884. The van der Waals surface area contributed by atoms with Crippen molar-refractivity contribution in [2.24, 2.45) is 0 Å². The van der Waals surface area contributed by atoms with Crippen molar-refractivity contribution < 1.29 is 0 Å². The second-order valence-corrected chi connectivity index (χ2v) is 3.29. The highest BCUT2D eigenvalue weighted by molar-refractivity contribution is 7.10. The molecular formula is C7H9NS. The molecule has 1 atom stereocenters. The fourth-order valence-electron chi connectivity index (χ4n) is 1.02. The summed E-state index contributed by atoms with van der Waals surface area (Å²) >= 11 is 1.84. The predicted molar refractivity (Wildman–Crippen MR) is 39.7 cm³/mol. The minimum Gasteiger partial charge on any atom is -0.309 e. The van der Waals surface area contributed by atoms with E-state index in [1.165, 1.54) is 17.8 Å². The van der Waals surface area contributed by atoms with Gasteiger partial charge in [0, 0.05) is 10.9 Å². The molecule has 1 saturated heterocycles. The molecule has 48 valence electrons. The van der Waals surface area contributed by atoms with Crippen molar-refractivity contribution in [1.29, 1.82) is 0 Å². The molecule has 1 aliphatic rings. The highest BCUT2D eigenvalue weighted by Crippen LogP contribution is 2.26. The monoisotopic (exact) mass is 139 g/mol. The summed E-state index contributed by atoms with van der Waals surface area (Å²) in [5, 5.41) is 5.49. The number of hydrogen-bond donors (Lipinski definition) is 1. The third-order valence-electron chi connectivity index (χ3n) is 1.71. The van der Waals surface area contributed by atoms with Gasteiger partial charge in [-0.25, -0.2) is 0 Å². The SMILES string of the molecule is c1csc([C@@H]2CCN2)c1. The highest BCUT2D eigenvalue weighted by Gasteiger charge is 2.18. The predicted octanol–water partition coefficient (Wildman–Crippen LogP) is 1.78. The van der Waals surface area contributed by atoms with Crippen molar-refractivity contribution in [2.45, 2.75) is 12.5 Å². The first-order valence-corrected chi connectivity index (χ1v) is 4.11. The van der Waals surface area contributed by atoms with Crippen LogP contribution in [0.15, 0.2) is 17.5 Å². The van der Waals surface area contributed by atoms with Gasteiger partial charge in [-0.1, -0.05) is 6.07 Å². The van der Waals surface area contributed by atoms with Crippen LogP contribution in [0.4, 0.5) is 0 Å². The van der Waals surface area contributed by atoms with E-state index in [4.69, 9.17) is 0 Å². The Hall–Kier alpha value is -0.340. The summed E-state index contributed by atoms with van der Waals surface area (Å²) < 4.78 is 0. The lowest BCUT2D eigenvalue weighted by molar-refractivity contribution is 0.389. The maximum atomic E-state index is 3.36. The summed E-state index contributed by atoms with van der Waals surface area (Å²) in [6.07, 6.45) is 1.32. The lowest BCUT2D eigenvalue weighted by atomic mass is 10.1. The Morgan fingerprint density at radius 3 is 3.00 bits per heavy atom. The molecule has 2 rings (SSSR count). The quantitative estimate of drug-likeness (QED) is 0.625. The summed E-state index contributed by atoms with van der Waals surface area (Å²) in [5.74, 6) is 0. The maximum absolute atomic E-state index is 3.36. The molecule has 1 aromatic rings. The molecule has 0 spiro atoms. The van der Waals surface area contributed by atoms with Crippen LogP contribution in [-0.2, 0) is 0 Å². The number of rotatable bonds is 1. The van der Waals surface area contributed by atoms with Gasteiger partial charge in [-0.2, -0.15) is 0 Å². The summed E-state index contributed by atoms with van der Waals surface area (Å²) in [7, 11) is 0. The Balaban J connectivity index is 2.14. The molecule has 1 nitrogen and oxygen atoms in total. The smallest absolute Gasteiger partial charge is 0.0426 e. The fraction of sp³-hybridized carbons (Fsp3) is 0.429. The average molecular weight is 139 g/mol. The molecule has 0 aromatic carbocycles. The van der Waals surface area contributed by atoms with Crippen molar-refractivity contribution in [2.75, 3.05) is 6.54 Å². The Bertz CT molecular complexity index is 177. The Kier molecular flexibility index (Phi) is 1.28. The lowest BCUT2D eigenvalue weighted by Crippen LogP contribution is -2.34. The van der Waals surface area contributed by atoms with Gasteiger partial charge in [-0.3, -0.25) is 0 Å². The molecular weight excluding hydrogens is 130 g/mol. The molecule has 9 heavy (non-hydrogen) atoms. The van der Waals surface area contributed by atoms with Crippen LogP contribution in [-0.4, -0.2) is 6.54 Å². The average Bonchev–Trinajstić information content (AvgIpc) is 2.11. The molecule has 0 amide bonds. The molecule has 1 aromatic heterocycles. The zero-order chi connectivity index (χ0) is 6.10. The second kappa shape index (κ2) is 2.12. The fourth-order valence-corrected chi connectivity index (χ4v) is 1.86. The van der Waals surface area contributed by atoms with Gasteiger partial charge >= 0.3 is 0 Å². The van der Waals surface area contributed by atoms with Crippen LogP contribution < -0.4 is 5.32 Å². The normalized spacial score (nSPS) is 25.6. The van der Waals surface area contributed by atoms with E-state index >= 15 is 0 Å². The van der Waals surface area contributed by atoms with Gasteiger partial charge in [-0.15, -0.1) is 11.3 Å². The Morgan fingerprint density at radius 2 is 2.56 bits per heavy atom. The molecule has 2 heterocycles. The van der Waals surface area contributed by atoms with E-state index in [-0.39, 0.29) is 0 Å². The zero-order valence-corrected chi connectivity index (χ0v) is 5.95. The van der Waals surface area contributed by atoms with Crippen LogP contribution in [0.2, 0.25) is 0 Å². The Labute approximate surface area is 58.7 Å². The van der Waals surface area contributed by atoms with E-state index in [0.717, 1.165) is 0 Å². The molecule has 2 heteroatoms. The first kappa shape index (κ1) is 5.45. The first-order valence-electron chi connectivity index (χ1n) is 3.23. The maximum Gasteiger partial charge on any atom is 0.0426 e.